The maximum Gasteiger partial charge on any atom is 0.263 e. The molecule has 0 amide bonds. The fraction of sp³-hybridized carbons (Fsp3) is 0.143. The van der Waals surface area contributed by atoms with Crippen molar-refractivity contribution in [3.8, 4) is 22.6 Å². The minimum atomic E-state index is -0.0291. The molecule has 0 atom stereocenters. The Hall–Kier alpha value is -3.70. The maximum absolute atomic E-state index is 13.4. The van der Waals surface area contributed by atoms with E-state index in [9.17, 15) is 4.79 Å². The van der Waals surface area contributed by atoms with Crippen molar-refractivity contribution in [1.82, 2.24) is 9.55 Å². The van der Waals surface area contributed by atoms with E-state index in [1.54, 1.807) is 10.9 Å². The van der Waals surface area contributed by atoms with Gasteiger partial charge in [0.25, 0.3) is 5.56 Å². The standard InChI is InChI=1S/C28H24N2O2S/c1-19(2)21-11-13-22(14-12-21)25-17-33-27-26(25)28(31)30(18-29-27)16-20-7-6-10-24(15-20)32-23-8-4-3-5-9-23/h3-15,17-19H,16H2,1-2H3. The van der Waals surface area contributed by atoms with Crippen LogP contribution >= 0.6 is 11.3 Å². The lowest BCUT2D eigenvalue weighted by Crippen LogP contribution is -2.21. The first-order valence-corrected chi connectivity index (χ1v) is 11.9. The Bertz CT molecular complexity index is 1450. The number of nitrogens with zero attached hydrogens (tertiary/aromatic N) is 2. The third-order valence-corrected chi connectivity index (χ3v) is 6.57. The van der Waals surface area contributed by atoms with Crippen LogP contribution in [0.25, 0.3) is 21.3 Å². The van der Waals surface area contributed by atoms with Crippen LogP contribution in [0.2, 0.25) is 0 Å². The average molecular weight is 453 g/mol. The molecule has 5 rings (SSSR count). The van der Waals surface area contributed by atoms with E-state index >= 15 is 0 Å². The van der Waals surface area contributed by atoms with Crippen LogP contribution in [-0.2, 0) is 6.54 Å². The summed E-state index contributed by atoms with van der Waals surface area (Å²) in [6.45, 7) is 4.78. The number of para-hydroxylation sites is 1. The van der Waals surface area contributed by atoms with Gasteiger partial charge in [0.1, 0.15) is 16.3 Å². The van der Waals surface area contributed by atoms with Crippen molar-refractivity contribution in [3.05, 3.63) is 112 Å². The zero-order chi connectivity index (χ0) is 22.8. The largest absolute Gasteiger partial charge is 0.457 e. The summed E-state index contributed by atoms with van der Waals surface area (Å²) in [5, 5.41) is 2.71. The van der Waals surface area contributed by atoms with Gasteiger partial charge in [-0.3, -0.25) is 9.36 Å². The fourth-order valence-electron chi connectivity index (χ4n) is 3.87. The van der Waals surface area contributed by atoms with E-state index in [-0.39, 0.29) is 5.56 Å². The SMILES string of the molecule is CC(C)c1ccc(-c2csc3ncn(Cc4cccc(Oc5ccccc5)c4)c(=O)c23)cc1. The summed E-state index contributed by atoms with van der Waals surface area (Å²) in [6.07, 6.45) is 1.64. The number of rotatable bonds is 6. The molecule has 0 radical (unpaired) electrons. The van der Waals surface area contributed by atoms with Crippen LogP contribution in [0.4, 0.5) is 0 Å². The highest BCUT2D eigenvalue weighted by Gasteiger charge is 2.14. The Balaban J connectivity index is 1.46. The van der Waals surface area contributed by atoms with E-state index in [0.29, 0.717) is 17.8 Å². The Morgan fingerprint density at radius 2 is 1.70 bits per heavy atom. The Labute approximate surface area is 196 Å². The number of fused-ring (bicyclic) bond motifs is 1. The summed E-state index contributed by atoms with van der Waals surface area (Å²) in [5.74, 6) is 1.99. The molecule has 0 aliphatic carbocycles. The van der Waals surface area contributed by atoms with Gasteiger partial charge in [0, 0.05) is 10.9 Å². The topological polar surface area (TPSA) is 44.1 Å². The summed E-state index contributed by atoms with van der Waals surface area (Å²) in [6, 6.07) is 25.9. The number of benzene rings is 3. The van der Waals surface area contributed by atoms with Gasteiger partial charge < -0.3 is 4.74 Å². The van der Waals surface area contributed by atoms with Crippen molar-refractivity contribution < 1.29 is 4.74 Å². The van der Waals surface area contributed by atoms with Crippen molar-refractivity contribution in [2.45, 2.75) is 26.3 Å². The van der Waals surface area contributed by atoms with E-state index in [1.165, 1.54) is 16.9 Å². The monoisotopic (exact) mass is 452 g/mol. The van der Waals surface area contributed by atoms with Gasteiger partial charge in [0.2, 0.25) is 0 Å². The number of thiophene rings is 1. The molecule has 0 aliphatic rings. The van der Waals surface area contributed by atoms with Gasteiger partial charge in [0.05, 0.1) is 18.3 Å². The van der Waals surface area contributed by atoms with Gasteiger partial charge in [-0.25, -0.2) is 4.98 Å². The van der Waals surface area contributed by atoms with E-state index in [4.69, 9.17) is 4.74 Å². The predicted molar refractivity (Wildman–Crippen MR) is 135 cm³/mol. The first-order chi connectivity index (χ1) is 16.1. The number of aromatic nitrogens is 2. The molecule has 0 N–H and O–H groups in total. The summed E-state index contributed by atoms with van der Waals surface area (Å²) < 4.78 is 7.62. The van der Waals surface area contributed by atoms with Crippen LogP contribution < -0.4 is 10.3 Å². The molecule has 4 nitrogen and oxygen atoms in total. The zero-order valence-corrected chi connectivity index (χ0v) is 19.4. The lowest BCUT2D eigenvalue weighted by atomic mass is 9.99. The molecule has 0 aliphatic heterocycles. The molecule has 0 fully saturated rings. The first-order valence-electron chi connectivity index (χ1n) is 11.0. The number of ether oxygens (including phenoxy) is 1. The molecule has 0 spiro atoms. The second-order valence-electron chi connectivity index (χ2n) is 8.35. The Kier molecular flexibility index (Phi) is 5.80. The van der Waals surface area contributed by atoms with Crippen LogP contribution in [0, 0.1) is 0 Å². The molecule has 2 heterocycles. The highest BCUT2D eigenvalue weighted by atomic mass is 32.1. The average Bonchev–Trinajstić information content (AvgIpc) is 3.27. The molecular formula is C28H24N2O2S. The van der Waals surface area contributed by atoms with Crippen LogP contribution in [-0.4, -0.2) is 9.55 Å². The normalized spacial score (nSPS) is 11.2. The van der Waals surface area contributed by atoms with E-state index in [0.717, 1.165) is 33.0 Å². The Morgan fingerprint density at radius 3 is 2.45 bits per heavy atom. The third-order valence-electron chi connectivity index (χ3n) is 5.68. The lowest BCUT2D eigenvalue weighted by Gasteiger charge is -2.10. The smallest absolute Gasteiger partial charge is 0.263 e. The molecule has 0 saturated carbocycles. The Morgan fingerprint density at radius 1 is 0.939 bits per heavy atom. The zero-order valence-electron chi connectivity index (χ0n) is 18.6. The van der Waals surface area contributed by atoms with E-state index in [1.807, 2.05) is 60.0 Å². The molecule has 2 aromatic heterocycles. The van der Waals surface area contributed by atoms with Crippen molar-refractivity contribution >= 4 is 21.6 Å². The van der Waals surface area contributed by atoms with E-state index < -0.39 is 0 Å². The van der Waals surface area contributed by atoms with Gasteiger partial charge in [0.15, 0.2) is 0 Å². The predicted octanol–water partition coefficient (Wildman–Crippen LogP) is 7.09. The maximum atomic E-state index is 13.4. The van der Waals surface area contributed by atoms with Crippen molar-refractivity contribution in [2.24, 2.45) is 0 Å². The van der Waals surface area contributed by atoms with Crippen LogP contribution in [0.3, 0.4) is 0 Å². The van der Waals surface area contributed by atoms with Gasteiger partial charge in [-0.15, -0.1) is 11.3 Å². The molecule has 5 aromatic rings. The molecule has 3 aromatic carbocycles. The van der Waals surface area contributed by atoms with Gasteiger partial charge in [-0.05, 0) is 46.9 Å². The molecular weight excluding hydrogens is 428 g/mol. The van der Waals surface area contributed by atoms with Crippen LogP contribution in [0.1, 0.15) is 30.9 Å². The minimum absolute atomic E-state index is 0.0291. The first kappa shape index (κ1) is 21.2. The molecule has 164 valence electrons. The second kappa shape index (κ2) is 9.04. The molecule has 0 unspecified atom stereocenters. The molecule has 33 heavy (non-hydrogen) atoms. The van der Waals surface area contributed by atoms with Gasteiger partial charge in [-0.1, -0.05) is 68.4 Å². The third kappa shape index (κ3) is 4.45. The second-order valence-corrected chi connectivity index (χ2v) is 9.20. The van der Waals surface area contributed by atoms with Gasteiger partial charge in [-0.2, -0.15) is 0 Å². The molecule has 5 heteroatoms. The molecule has 0 bridgehead atoms. The van der Waals surface area contributed by atoms with Crippen LogP contribution in [0.5, 0.6) is 11.5 Å². The summed E-state index contributed by atoms with van der Waals surface area (Å²) >= 11 is 1.51. The number of hydrogen-bond acceptors (Lipinski definition) is 4. The minimum Gasteiger partial charge on any atom is -0.457 e. The van der Waals surface area contributed by atoms with Crippen molar-refractivity contribution in [1.29, 1.82) is 0 Å². The number of hydrogen-bond donors (Lipinski definition) is 0. The highest BCUT2D eigenvalue weighted by molar-refractivity contribution is 7.17. The summed E-state index contributed by atoms with van der Waals surface area (Å²) in [5.41, 5.74) is 4.22. The summed E-state index contributed by atoms with van der Waals surface area (Å²) in [7, 11) is 0. The highest BCUT2D eigenvalue weighted by Crippen LogP contribution is 2.31. The van der Waals surface area contributed by atoms with Crippen LogP contribution in [0.15, 0.2) is 95.4 Å². The van der Waals surface area contributed by atoms with Crippen molar-refractivity contribution in [2.75, 3.05) is 0 Å². The fourth-order valence-corrected chi connectivity index (χ4v) is 4.78. The van der Waals surface area contributed by atoms with Gasteiger partial charge >= 0.3 is 0 Å². The van der Waals surface area contributed by atoms with Crippen molar-refractivity contribution in [3.63, 3.8) is 0 Å². The quantitative estimate of drug-likeness (QED) is 0.276. The summed E-state index contributed by atoms with van der Waals surface area (Å²) in [4.78, 5) is 18.8. The van der Waals surface area contributed by atoms with E-state index in [2.05, 4.69) is 43.1 Å². The molecule has 0 saturated heterocycles. The lowest BCUT2D eigenvalue weighted by molar-refractivity contribution is 0.481.